The molecule has 0 N–H and O–H groups in total. The van der Waals surface area contributed by atoms with E-state index in [0.717, 1.165) is 56.8 Å². The fraction of sp³-hybridized carbons (Fsp3) is 0.818. The smallest absolute Gasteiger partial charge is 0.102 e. The van der Waals surface area contributed by atoms with Crippen molar-refractivity contribution in [2.75, 3.05) is 50.1 Å². The zero-order valence-corrected chi connectivity index (χ0v) is 12.0. The summed E-state index contributed by atoms with van der Waals surface area (Å²) < 4.78 is 12.2. The first kappa shape index (κ1) is 13.1. The van der Waals surface area contributed by atoms with Crippen LogP contribution >= 0.6 is 34.1 Å². The van der Waals surface area contributed by atoms with Gasteiger partial charge in [-0.1, -0.05) is 33.7 Å². The Morgan fingerprint density at radius 3 is 3.00 bits per heavy atom. The number of hydrogen-bond donors (Lipinski definition) is 1. The van der Waals surface area contributed by atoms with Crippen LogP contribution in [0, 0.1) is 0 Å². The van der Waals surface area contributed by atoms with E-state index in [0.29, 0.717) is 0 Å². The third-order valence-corrected chi connectivity index (χ3v) is 4.78. The van der Waals surface area contributed by atoms with Gasteiger partial charge in [0.2, 0.25) is 0 Å². The maximum absolute atomic E-state index is 6.93. The van der Waals surface area contributed by atoms with E-state index in [4.69, 9.17) is 5.86 Å². The van der Waals surface area contributed by atoms with Crippen LogP contribution in [0.15, 0.2) is 12.2 Å². The molecule has 1 rings (SSSR count). The second-order valence-corrected chi connectivity index (χ2v) is 6.56. The second-order valence-electron chi connectivity index (χ2n) is 3.52. The van der Waals surface area contributed by atoms with Crippen LogP contribution in [0.1, 0.15) is 6.42 Å². The third-order valence-electron chi connectivity index (χ3n) is 2.29. The van der Waals surface area contributed by atoms with E-state index in [-0.39, 0.29) is 0 Å². The number of rotatable bonds is 9. The lowest BCUT2D eigenvalue weighted by Crippen LogP contribution is -2.37. The lowest BCUT2D eigenvalue weighted by atomic mass is 10.4. The zero-order valence-electron chi connectivity index (χ0n) is 10.6. The minimum absolute atomic E-state index is 0.897. The molecule has 0 spiro atoms. The average molecular weight is 282 g/mol. The molecule has 1 fully saturated rings. The molecular formula is C11H21NOS3. The molecule has 0 unspecified atom stereocenters. The molecule has 0 atom stereocenters. The van der Waals surface area contributed by atoms with Crippen molar-refractivity contribution in [2.45, 2.75) is 6.42 Å². The summed E-state index contributed by atoms with van der Waals surface area (Å²) in [6.45, 7) is 5.16. The first-order chi connectivity index (χ1) is 8.43. The van der Waals surface area contributed by atoms with Crippen LogP contribution < -0.4 is 0 Å². The summed E-state index contributed by atoms with van der Waals surface area (Å²) in [7, 11) is 3.87. The van der Waals surface area contributed by atoms with Gasteiger partial charge in [0.15, 0.2) is 0 Å². The number of nitrogens with zero attached hydrogens (tertiary/aromatic N) is 1. The van der Waals surface area contributed by atoms with Gasteiger partial charge in [0.05, 0.1) is 13.2 Å². The van der Waals surface area contributed by atoms with Gasteiger partial charge in [-0.25, -0.2) is 0 Å². The minimum Gasteiger partial charge on any atom is -0.379 e. The monoisotopic (exact) mass is 281 g/mol. The molecule has 16 heavy (non-hydrogen) atoms. The van der Waals surface area contributed by atoms with E-state index < -0.39 is 0 Å². The topological polar surface area (TPSA) is 12.5 Å². The van der Waals surface area contributed by atoms with Gasteiger partial charge < -0.3 is 4.74 Å². The van der Waals surface area contributed by atoms with Crippen molar-refractivity contribution in [1.29, 1.82) is 1.12 Å². The number of ether oxygens (including phenoxy) is 1. The highest BCUT2D eigenvalue weighted by molar-refractivity contribution is 8.76. The van der Waals surface area contributed by atoms with Crippen LogP contribution in [0.4, 0.5) is 0 Å². The molecule has 5 heteroatoms. The summed E-state index contributed by atoms with van der Waals surface area (Å²) in [6, 6.07) is 0. The van der Waals surface area contributed by atoms with Crippen LogP contribution in [-0.2, 0) is 4.74 Å². The first-order valence-electron chi connectivity index (χ1n) is 6.12. The maximum atomic E-state index is 6.93. The Morgan fingerprint density at radius 1 is 1.31 bits per heavy atom. The predicted octanol–water partition coefficient (Wildman–Crippen LogP) is 2.58. The number of morpholine rings is 1. The normalized spacial score (nSPS) is 19.1. The molecule has 1 heterocycles. The van der Waals surface area contributed by atoms with Crippen LogP contribution in [0.25, 0.3) is 0 Å². The van der Waals surface area contributed by atoms with Crippen molar-refractivity contribution in [3.05, 3.63) is 12.2 Å². The molecule has 1 aliphatic heterocycles. The summed E-state index contributed by atoms with van der Waals surface area (Å²) in [5, 5.41) is 0. The fourth-order valence-electron chi connectivity index (χ4n) is 1.39. The summed E-state index contributed by atoms with van der Waals surface area (Å²) in [5.74, 6) is 3.18. The molecule has 0 aliphatic carbocycles. The SMILES string of the molecule is [3H]SCC/C=C\CSSCCN1CCOCC1. The van der Waals surface area contributed by atoms with Crippen LogP contribution in [0.3, 0.4) is 0 Å². The summed E-state index contributed by atoms with van der Waals surface area (Å²) in [6.07, 6.45) is 5.41. The van der Waals surface area contributed by atoms with Crippen LogP contribution in [-0.4, -0.2) is 56.1 Å². The zero-order chi connectivity index (χ0) is 12.2. The van der Waals surface area contributed by atoms with Gasteiger partial charge in [0, 0.05) is 31.1 Å². The minimum atomic E-state index is 0.897. The largest absolute Gasteiger partial charge is 0.379 e. The fourth-order valence-corrected chi connectivity index (χ4v) is 3.39. The Balaban J connectivity index is 1.82. The molecule has 0 bridgehead atoms. The highest BCUT2D eigenvalue weighted by Gasteiger charge is 2.08. The lowest BCUT2D eigenvalue weighted by molar-refractivity contribution is 0.0410. The van der Waals surface area contributed by atoms with Gasteiger partial charge in [-0.15, -0.1) is 0 Å². The molecule has 0 radical (unpaired) electrons. The summed E-state index contributed by atoms with van der Waals surface area (Å²) in [4.78, 5) is 2.47. The summed E-state index contributed by atoms with van der Waals surface area (Å²) in [5.41, 5.74) is 0. The molecule has 0 aromatic rings. The molecule has 0 saturated carbocycles. The maximum Gasteiger partial charge on any atom is 0.102 e. The highest BCUT2D eigenvalue weighted by atomic mass is 33.1. The number of thiol groups is 1. The van der Waals surface area contributed by atoms with E-state index >= 15 is 0 Å². The highest BCUT2D eigenvalue weighted by Crippen LogP contribution is 2.21. The molecule has 0 aromatic heterocycles. The second kappa shape index (κ2) is 10.8. The van der Waals surface area contributed by atoms with E-state index in [1.807, 2.05) is 21.6 Å². The van der Waals surface area contributed by atoms with Crippen molar-refractivity contribution < 1.29 is 4.74 Å². The van der Waals surface area contributed by atoms with Crippen molar-refractivity contribution >= 4 is 34.1 Å². The van der Waals surface area contributed by atoms with Gasteiger partial charge in [-0.05, 0) is 12.2 Å². The predicted molar refractivity (Wildman–Crippen MR) is 79.8 cm³/mol. The molecule has 2 nitrogen and oxygen atoms in total. The number of allylic oxidation sites excluding steroid dienone is 1. The van der Waals surface area contributed by atoms with E-state index in [1.54, 1.807) is 0 Å². The average Bonchev–Trinajstić information content (AvgIpc) is 2.38. The Labute approximate surface area is 113 Å². The van der Waals surface area contributed by atoms with Crippen molar-refractivity contribution in [3.63, 3.8) is 0 Å². The molecular weight excluding hydrogens is 258 g/mol. The van der Waals surface area contributed by atoms with Gasteiger partial charge in [-0.2, -0.15) is 12.5 Å². The Hall–Kier alpha value is 0.710. The van der Waals surface area contributed by atoms with Gasteiger partial charge in [0.1, 0.15) is 1.12 Å². The van der Waals surface area contributed by atoms with Crippen LogP contribution in [0.2, 0.25) is 0 Å². The molecule has 94 valence electrons. The third kappa shape index (κ3) is 7.90. The number of hydrogen-bond acceptors (Lipinski definition) is 5. The molecule has 0 amide bonds. The van der Waals surface area contributed by atoms with Gasteiger partial charge in [-0.3, -0.25) is 4.90 Å². The molecule has 0 aromatic carbocycles. The standard InChI is InChI=1S/C11H21NOS3/c14-9-2-1-3-10-15-16-11-6-12-4-7-13-8-5-12/h1,3,14H,2,4-11H2/b3-1-/i/hT. The first-order valence-corrected chi connectivity index (χ1v) is 8.77. The van der Waals surface area contributed by atoms with E-state index in [9.17, 15) is 0 Å². The van der Waals surface area contributed by atoms with Gasteiger partial charge >= 0.3 is 0 Å². The van der Waals surface area contributed by atoms with Crippen LogP contribution in [0.5, 0.6) is 0 Å². The van der Waals surface area contributed by atoms with Crippen molar-refractivity contribution in [2.24, 2.45) is 0 Å². The Morgan fingerprint density at radius 2 is 2.19 bits per heavy atom. The molecule has 1 aliphatic rings. The van der Waals surface area contributed by atoms with Crippen molar-refractivity contribution in [3.8, 4) is 0 Å². The quantitative estimate of drug-likeness (QED) is 0.302. The Kier molecular flexibility index (Phi) is 8.91. The Bertz CT molecular complexity index is 201. The van der Waals surface area contributed by atoms with Crippen molar-refractivity contribution in [1.82, 2.24) is 4.90 Å². The van der Waals surface area contributed by atoms with E-state index in [1.165, 1.54) is 12.3 Å². The van der Waals surface area contributed by atoms with E-state index in [2.05, 4.69) is 17.1 Å². The lowest BCUT2D eigenvalue weighted by Gasteiger charge is -2.26. The van der Waals surface area contributed by atoms with Gasteiger partial charge in [0.25, 0.3) is 0 Å². The molecule has 1 saturated heterocycles. The summed E-state index contributed by atoms with van der Waals surface area (Å²) >= 11 is 1.16.